The molecular formula is C10H13N3O3. The van der Waals surface area contributed by atoms with E-state index in [1.54, 1.807) is 19.0 Å². The van der Waals surface area contributed by atoms with Crippen molar-refractivity contribution in [1.82, 2.24) is 9.88 Å². The van der Waals surface area contributed by atoms with Crippen LogP contribution in [0.1, 0.15) is 10.4 Å². The van der Waals surface area contributed by atoms with Crippen LogP contribution in [-0.4, -0.2) is 47.5 Å². The van der Waals surface area contributed by atoms with Gasteiger partial charge in [0.15, 0.2) is 0 Å². The minimum atomic E-state index is -1.04. The molecule has 0 radical (unpaired) electrons. The van der Waals surface area contributed by atoms with Gasteiger partial charge in [-0.25, -0.2) is 9.78 Å². The minimum absolute atomic E-state index is 0.0885. The summed E-state index contributed by atoms with van der Waals surface area (Å²) in [5.74, 6) is -0.893. The van der Waals surface area contributed by atoms with Crippen molar-refractivity contribution < 1.29 is 14.7 Å². The Kier molecular flexibility index (Phi) is 3.96. The molecule has 0 fully saturated rings. The largest absolute Gasteiger partial charge is 0.478 e. The molecule has 6 heteroatoms. The maximum atomic E-state index is 11.3. The van der Waals surface area contributed by atoms with Crippen LogP contribution in [-0.2, 0) is 4.79 Å². The fourth-order valence-corrected chi connectivity index (χ4v) is 1.06. The Balaban J connectivity index is 2.62. The molecule has 16 heavy (non-hydrogen) atoms. The van der Waals surface area contributed by atoms with Gasteiger partial charge in [0.2, 0.25) is 5.91 Å². The number of hydrogen-bond donors (Lipinski definition) is 2. The number of hydrogen-bond acceptors (Lipinski definition) is 4. The Morgan fingerprint density at radius 3 is 2.56 bits per heavy atom. The van der Waals surface area contributed by atoms with Crippen molar-refractivity contribution in [2.45, 2.75) is 0 Å². The van der Waals surface area contributed by atoms with Crippen LogP contribution in [0, 0.1) is 0 Å². The van der Waals surface area contributed by atoms with E-state index < -0.39 is 5.97 Å². The first-order valence-electron chi connectivity index (χ1n) is 4.63. The van der Waals surface area contributed by atoms with Gasteiger partial charge in [-0.05, 0) is 26.2 Å². The van der Waals surface area contributed by atoms with Crippen molar-refractivity contribution in [2.24, 2.45) is 0 Å². The highest BCUT2D eigenvalue weighted by Crippen LogP contribution is 2.04. The number of nitrogens with one attached hydrogen (secondary N) is 1. The standard InChI is InChI=1S/C10H13N3O3/c1-13(2)6-9(14)12-8-4-3-7(5-11-8)10(15)16/h3-5H,6H2,1-2H3,(H,15,16)(H,11,12,14). The number of amides is 1. The molecule has 1 aromatic heterocycles. The summed E-state index contributed by atoms with van der Waals surface area (Å²) in [6, 6.07) is 2.84. The summed E-state index contributed by atoms with van der Waals surface area (Å²) in [4.78, 5) is 27.4. The van der Waals surface area contributed by atoms with Crippen molar-refractivity contribution in [2.75, 3.05) is 26.0 Å². The lowest BCUT2D eigenvalue weighted by Crippen LogP contribution is -2.27. The van der Waals surface area contributed by atoms with E-state index in [4.69, 9.17) is 5.11 Å². The van der Waals surface area contributed by atoms with Crippen LogP contribution in [0.4, 0.5) is 5.82 Å². The van der Waals surface area contributed by atoms with Crippen LogP contribution < -0.4 is 5.32 Å². The molecule has 1 rings (SSSR count). The van der Waals surface area contributed by atoms with Crippen LogP contribution in [0.25, 0.3) is 0 Å². The van der Waals surface area contributed by atoms with Gasteiger partial charge in [-0.1, -0.05) is 0 Å². The smallest absolute Gasteiger partial charge is 0.337 e. The van der Waals surface area contributed by atoms with Crippen LogP contribution in [0.15, 0.2) is 18.3 Å². The van der Waals surface area contributed by atoms with Gasteiger partial charge >= 0.3 is 5.97 Å². The van der Waals surface area contributed by atoms with Gasteiger partial charge in [-0.3, -0.25) is 4.79 Å². The summed E-state index contributed by atoms with van der Waals surface area (Å²) in [5.41, 5.74) is 0.0885. The summed E-state index contributed by atoms with van der Waals surface area (Å²) in [7, 11) is 3.56. The zero-order valence-corrected chi connectivity index (χ0v) is 9.10. The molecule has 0 aliphatic rings. The first kappa shape index (κ1) is 12.1. The van der Waals surface area contributed by atoms with Gasteiger partial charge in [-0.15, -0.1) is 0 Å². The highest BCUT2D eigenvalue weighted by Gasteiger charge is 2.06. The number of carbonyl (C=O) groups is 2. The topological polar surface area (TPSA) is 82.5 Å². The quantitative estimate of drug-likeness (QED) is 0.766. The average molecular weight is 223 g/mol. The zero-order valence-electron chi connectivity index (χ0n) is 9.10. The number of likely N-dealkylation sites (N-methyl/N-ethyl adjacent to an activating group) is 1. The van der Waals surface area contributed by atoms with E-state index >= 15 is 0 Å². The summed E-state index contributed by atoms with van der Waals surface area (Å²) in [5, 5.41) is 11.2. The number of nitrogens with zero attached hydrogens (tertiary/aromatic N) is 2. The molecule has 0 aliphatic heterocycles. The lowest BCUT2D eigenvalue weighted by atomic mass is 10.3. The molecule has 0 bridgehead atoms. The molecular weight excluding hydrogens is 210 g/mol. The van der Waals surface area contributed by atoms with Gasteiger partial charge in [0.1, 0.15) is 5.82 Å². The fraction of sp³-hybridized carbons (Fsp3) is 0.300. The van der Waals surface area contributed by atoms with Crippen molar-refractivity contribution in [3.8, 4) is 0 Å². The lowest BCUT2D eigenvalue weighted by Gasteiger charge is -2.09. The number of aromatic nitrogens is 1. The van der Waals surface area contributed by atoms with E-state index in [9.17, 15) is 9.59 Å². The minimum Gasteiger partial charge on any atom is -0.478 e. The number of carbonyl (C=O) groups excluding carboxylic acids is 1. The third kappa shape index (κ3) is 3.66. The summed E-state index contributed by atoms with van der Waals surface area (Å²) < 4.78 is 0. The van der Waals surface area contributed by atoms with Gasteiger partial charge in [0.05, 0.1) is 12.1 Å². The van der Waals surface area contributed by atoms with E-state index in [0.29, 0.717) is 5.82 Å². The molecule has 1 heterocycles. The molecule has 0 unspecified atom stereocenters. The lowest BCUT2D eigenvalue weighted by molar-refractivity contribution is -0.116. The van der Waals surface area contributed by atoms with Crippen LogP contribution in [0.2, 0.25) is 0 Å². The number of carboxylic acid groups (broad SMARTS) is 1. The maximum Gasteiger partial charge on any atom is 0.337 e. The third-order valence-corrected chi connectivity index (χ3v) is 1.74. The number of carboxylic acids is 1. The maximum absolute atomic E-state index is 11.3. The predicted octanol–water partition coefficient (Wildman–Crippen LogP) is 0.280. The normalized spacial score (nSPS) is 10.2. The number of aromatic carboxylic acids is 1. The van der Waals surface area contributed by atoms with Crippen molar-refractivity contribution in [1.29, 1.82) is 0 Å². The van der Waals surface area contributed by atoms with Gasteiger partial charge in [-0.2, -0.15) is 0 Å². The third-order valence-electron chi connectivity index (χ3n) is 1.74. The van der Waals surface area contributed by atoms with E-state index in [2.05, 4.69) is 10.3 Å². The van der Waals surface area contributed by atoms with Crippen LogP contribution in [0.3, 0.4) is 0 Å². The molecule has 86 valence electrons. The molecule has 0 saturated carbocycles. The Hall–Kier alpha value is -1.95. The predicted molar refractivity (Wildman–Crippen MR) is 58.4 cm³/mol. The molecule has 0 aromatic carbocycles. The molecule has 0 atom stereocenters. The summed E-state index contributed by atoms with van der Waals surface area (Å²) in [6.07, 6.45) is 1.20. The zero-order chi connectivity index (χ0) is 12.1. The second kappa shape index (κ2) is 5.22. The van der Waals surface area contributed by atoms with E-state index in [-0.39, 0.29) is 18.0 Å². The van der Waals surface area contributed by atoms with E-state index in [1.807, 2.05) is 0 Å². The van der Waals surface area contributed by atoms with Gasteiger partial charge < -0.3 is 15.3 Å². The fourth-order valence-electron chi connectivity index (χ4n) is 1.06. The molecule has 0 spiro atoms. The monoisotopic (exact) mass is 223 g/mol. The Labute approximate surface area is 92.9 Å². The summed E-state index contributed by atoms with van der Waals surface area (Å²) >= 11 is 0. The summed E-state index contributed by atoms with van der Waals surface area (Å²) in [6.45, 7) is 0.252. The Morgan fingerprint density at radius 1 is 1.44 bits per heavy atom. The van der Waals surface area contributed by atoms with Gasteiger partial charge in [0, 0.05) is 6.20 Å². The number of rotatable bonds is 4. The van der Waals surface area contributed by atoms with Crippen molar-refractivity contribution in [3.63, 3.8) is 0 Å². The highest BCUT2D eigenvalue weighted by molar-refractivity contribution is 5.92. The van der Waals surface area contributed by atoms with Crippen molar-refractivity contribution >= 4 is 17.7 Å². The second-order valence-electron chi connectivity index (χ2n) is 3.52. The molecule has 2 N–H and O–H groups in total. The first-order valence-corrected chi connectivity index (χ1v) is 4.63. The molecule has 0 aliphatic carbocycles. The Morgan fingerprint density at radius 2 is 2.12 bits per heavy atom. The Bertz CT molecular complexity index is 387. The van der Waals surface area contributed by atoms with Crippen LogP contribution >= 0.6 is 0 Å². The first-order chi connectivity index (χ1) is 7.49. The molecule has 1 amide bonds. The molecule has 6 nitrogen and oxygen atoms in total. The van der Waals surface area contributed by atoms with Gasteiger partial charge in [0.25, 0.3) is 0 Å². The van der Waals surface area contributed by atoms with E-state index in [0.717, 1.165) is 0 Å². The molecule has 1 aromatic rings. The average Bonchev–Trinajstić information content (AvgIpc) is 2.16. The number of anilines is 1. The van der Waals surface area contributed by atoms with Crippen molar-refractivity contribution in [3.05, 3.63) is 23.9 Å². The molecule has 0 saturated heterocycles. The van der Waals surface area contributed by atoms with E-state index in [1.165, 1.54) is 18.3 Å². The second-order valence-corrected chi connectivity index (χ2v) is 3.52. The highest BCUT2D eigenvalue weighted by atomic mass is 16.4. The number of pyridine rings is 1. The van der Waals surface area contributed by atoms with Crippen LogP contribution in [0.5, 0.6) is 0 Å². The SMILES string of the molecule is CN(C)CC(=O)Nc1ccc(C(=O)O)cn1.